The first-order valence-corrected chi connectivity index (χ1v) is 26.8. The highest BCUT2D eigenvalue weighted by Crippen LogP contribution is 2.50. The maximum absolute atomic E-state index is 10.6. The van der Waals surface area contributed by atoms with Crippen LogP contribution in [0.5, 0.6) is 0 Å². The molecule has 11 aromatic carbocycles. The van der Waals surface area contributed by atoms with E-state index in [0.29, 0.717) is 16.9 Å². The number of nitriles is 2. The zero-order chi connectivity index (χ0) is 53.0. The lowest BCUT2D eigenvalue weighted by atomic mass is 9.91. The first kappa shape index (κ1) is 45.0. The van der Waals surface area contributed by atoms with Crippen molar-refractivity contribution in [2.24, 2.45) is 0 Å². The molecule has 5 aromatic heterocycles. The summed E-state index contributed by atoms with van der Waals surface area (Å²) in [5.41, 5.74) is 16.7. The number of hydrogen-bond acceptors (Lipinski definition) is 3. The van der Waals surface area contributed by atoms with Crippen molar-refractivity contribution < 1.29 is 0 Å². The van der Waals surface area contributed by atoms with E-state index in [9.17, 15) is 10.5 Å². The van der Waals surface area contributed by atoms with Gasteiger partial charge in [-0.15, -0.1) is 0 Å². The van der Waals surface area contributed by atoms with E-state index in [-0.39, 0.29) is 0 Å². The van der Waals surface area contributed by atoms with Crippen molar-refractivity contribution in [3.05, 3.63) is 272 Å². The van der Waals surface area contributed by atoms with Gasteiger partial charge in [0.15, 0.2) is 11.6 Å². The molecule has 370 valence electrons. The number of hydrogen-bond donors (Lipinski definition) is 0. The van der Waals surface area contributed by atoms with E-state index in [2.05, 4.69) is 267 Å². The second kappa shape index (κ2) is 17.7. The van der Waals surface area contributed by atoms with Crippen LogP contribution in [0, 0.1) is 22.7 Å². The Morgan fingerprint density at radius 1 is 0.250 bits per heavy atom. The Bertz CT molecular complexity index is 5040. The first-order valence-electron chi connectivity index (χ1n) is 26.8. The Morgan fingerprint density at radius 2 is 0.537 bits per heavy atom. The number of benzene rings is 11. The molecule has 0 unspecified atom stereocenters. The zero-order valence-electron chi connectivity index (χ0n) is 43.0. The molecule has 16 rings (SSSR count). The summed E-state index contributed by atoms with van der Waals surface area (Å²) in [5.74, 6) is 1.42. The van der Waals surface area contributed by atoms with E-state index in [1.165, 1.54) is 0 Å². The maximum Gasteiger partial charge on any atom is 0.165 e. The van der Waals surface area contributed by atoms with Crippen LogP contribution in [0.1, 0.15) is 11.1 Å². The van der Waals surface area contributed by atoms with Gasteiger partial charge in [0.05, 0.1) is 67.4 Å². The van der Waals surface area contributed by atoms with Crippen molar-refractivity contribution in [3.8, 4) is 68.5 Å². The highest BCUT2D eigenvalue weighted by Gasteiger charge is 2.33. The molecule has 0 amide bonds. The average molecular weight is 1020 g/mol. The molecule has 0 saturated carbocycles. The third-order valence-corrected chi connectivity index (χ3v) is 16.2. The number of para-hydroxylation sites is 6. The van der Waals surface area contributed by atoms with Crippen molar-refractivity contribution >= 4 is 87.2 Å². The molecule has 0 aliphatic heterocycles. The van der Waals surface area contributed by atoms with E-state index >= 15 is 0 Å². The molecule has 0 aliphatic carbocycles. The molecule has 16 aromatic rings. The van der Waals surface area contributed by atoms with Crippen molar-refractivity contribution in [2.45, 2.75) is 0 Å². The predicted molar refractivity (Wildman–Crippen MR) is 327 cm³/mol. The molecule has 0 atom stereocenters. The molecule has 0 aliphatic rings. The molecule has 0 radical (unpaired) electrons. The van der Waals surface area contributed by atoms with Gasteiger partial charge in [-0.25, -0.2) is 4.98 Å². The van der Waals surface area contributed by atoms with Crippen LogP contribution in [0.2, 0.25) is 0 Å². The van der Waals surface area contributed by atoms with Crippen molar-refractivity contribution in [3.63, 3.8) is 0 Å². The number of aromatic nitrogens is 5. The summed E-state index contributed by atoms with van der Waals surface area (Å²) in [6.45, 7) is 0. The lowest BCUT2D eigenvalue weighted by Gasteiger charge is -2.27. The van der Waals surface area contributed by atoms with Gasteiger partial charge in [0.1, 0.15) is 11.4 Å². The molecule has 0 N–H and O–H groups in total. The number of pyridine rings is 1. The van der Waals surface area contributed by atoms with Gasteiger partial charge in [-0.3, -0.25) is 9.13 Å². The zero-order valence-corrected chi connectivity index (χ0v) is 43.0. The summed E-state index contributed by atoms with van der Waals surface area (Å²) in [5, 5.41) is 29.5. The largest absolute Gasteiger partial charge is 0.305 e. The van der Waals surface area contributed by atoms with Gasteiger partial charge in [-0.05, 0) is 119 Å². The van der Waals surface area contributed by atoms with Gasteiger partial charge in [-0.1, -0.05) is 170 Å². The van der Waals surface area contributed by atoms with Gasteiger partial charge < -0.3 is 9.13 Å². The highest BCUT2D eigenvalue weighted by atomic mass is 15.2. The maximum atomic E-state index is 10.6. The monoisotopic (exact) mass is 1020 g/mol. The lowest BCUT2D eigenvalue weighted by molar-refractivity contribution is 0.961. The van der Waals surface area contributed by atoms with E-state index in [0.717, 1.165) is 138 Å². The van der Waals surface area contributed by atoms with Crippen molar-refractivity contribution in [2.75, 3.05) is 0 Å². The number of fused-ring (bicyclic) bond motifs is 12. The topological polar surface area (TPSA) is 80.2 Å². The Morgan fingerprint density at radius 3 is 0.875 bits per heavy atom. The normalized spacial score (nSPS) is 11.7. The van der Waals surface area contributed by atoms with Crippen LogP contribution in [0.25, 0.3) is 144 Å². The van der Waals surface area contributed by atoms with E-state index < -0.39 is 0 Å². The van der Waals surface area contributed by atoms with Crippen LogP contribution in [-0.4, -0.2) is 23.3 Å². The first-order chi connectivity index (χ1) is 39.6. The summed E-state index contributed by atoms with van der Waals surface area (Å²) in [4.78, 5) is 6.39. The molecule has 0 saturated heterocycles. The fraction of sp³-hybridized carbons (Fsp3) is 0. The highest BCUT2D eigenvalue weighted by molar-refractivity contribution is 6.16. The fourth-order valence-corrected chi connectivity index (χ4v) is 12.8. The van der Waals surface area contributed by atoms with Crippen LogP contribution in [0.15, 0.2) is 261 Å². The van der Waals surface area contributed by atoms with Crippen LogP contribution >= 0.6 is 0 Å². The Labute approximate surface area is 459 Å². The molecule has 80 heavy (non-hydrogen) atoms. The molecule has 5 heterocycles. The molecule has 7 heteroatoms. The second-order valence-electron chi connectivity index (χ2n) is 20.5. The van der Waals surface area contributed by atoms with Crippen LogP contribution in [-0.2, 0) is 0 Å². The van der Waals surface area contributed by atoms with Crippen LogP contribution in [0.4, 0.5) is 0 Å². The van der Waals surface area contributed by atoms with Crippen molar-refractivity contribution in [1.29, 1.82) is 10.5 Å². The van der Waals surface area contributed by atoms with E-state index in [1.807, 2.05) is 24.3 Å². The van der Waals surface area contributed by atoms with Gasteiger partial charge in [0.25, 0.3) is 0 Å². The Balaban J connectivity index is 1.25. The Kier molecular flexibility index (Phi) is 9.93. The molecule has 7 nitrogen and oxygen atoms in total. The van der Waals surface area contributed by atoms with Crippen molar-refractivity contribution in [1.82, 2.24) is 23.3 Å². The number of rotatable bonds is 7. The molecule has 0 bridgehead atoms. The lowest BCUT2D eigenvalue weighted by Crippen LogP contribution is -2.16. The SMILES string of the molecule is N#Cc1ccc2c(c1)c1cc(C#N)ccc1n2-c1c(-n2c3ccccc3c3ccccc32)nc(-n2c3ccccc3c3ccccc32)c(-n2c3ccccc3c3ccccc32)c1-c1cc(-c2ccccc2)cc(-c2ccccc2)c1. The summed E-state index contributed by atoms with van der Waals surface area (Å²) >= 11 is 0. The fourth-order valence-electron chi connectivity index (χ4n) is 12.8. The quantitative estimate of drug-likeness (QED) is 0.160. The van der Waals surface area contributed by atoms with Gasteiger partial charge >= 0.3 is 0 Å². The Hall–Kier alpha value is -11.3. The third-order valence-electron chi connectivity index (χ3n) is 16.2. The second-order valence-corrected chi connectivity index (χ2v) is 20.5. The van der Waals surface area contributed by atoms with Crippen LogP contribution in [0.3, 0.4) is 0 Å². The smallest absolute Gasteiger partial charge is 0.165 e. The van der Waals surface area contributed by atoms with Crippen LogP contribution < -0.4 is 0 Å². The molecule has 0 fully saturated rings. The minimum absolute atomic E-state index is 0.524. The summed E-state index contributed by atoms with van der Waals surface area (Å²) in [6, 6.07) is 97.2. The predicted octanol–water partition coefficient (Wildman–Crippen LogP) is 18.2. The van der Waals surface area contributed by atoms with E-state index in [4.69, 9.17) is 4.98 Å². The summed E-state index contributed by atoms with van der Waals surface area (Å²) in [7, 11) is 0. The minimum Gasteiger partial charge on any atom is -0.305 e. The van der Waals surface area contributed by atoms with Gasteiger partial charge in [0, 0.05) is 48.7 Å². The molecular formula is C73H43N7. The standard InChI is InChI=1S/C73H43N7/c74-44-46-35-37-67-59(39-46)60-40-47(45-75)36-38-68(60)78(67)71-69(52-42-50(48-19-3-1-4-20-48)41-51(43-52)49-21-5-2-6-22-49)70(77-61-29-13-7-23-53(61)54-24-8-14-30-62(54)77)72(79-63-31-15-9-25-55(63)56-26-10-16-32-64(56)79)76-73(71)80-65-33-17-11-27-57(65)58-28-12-18-34-66(58)80/h1-43H. The van der Waals surface area contributed by atoms with Gasteiger partial charge in [-0.2, -0.15) is 10.5 Å². The third kappa shape index (κ3) is 6.62. The van der Waals surface area contributed by atoms with Gasteiger partial charge in [0.2, 0.25) is 0 Å². The average Bonchev–Trinajstić information content (AvgIpc) is 4.36. The minimum atomic E-state index is 0.524. The summed E-state index contributed by atoms with van der Waals surface area (Å²) < 4.78 is 9.56. The number of nitrogens with zero attached hydrogens (tertiary/aromatic N) is 7. The molecular weight excluding hydrogens is 975 g/mol. The van der Waals surface area contributed by atoms with E-state index in [1.54, 1.807) is 0 Å². The molecule has 0 spiro atoms. The summed E-state index contributed by atoms with van der Waals surface area (Å²) in [6.07, 6.45) is 0.